The van der Waals surface area contributed by atoms with Gasteiger partial charge in [-0.05, 0) is 37.9 Å². The molecule has 0 amide bonds. The average molecular weight is 336 g/mol. The molecule has 5 heteroatoms. The van der Waals surface area contributed by atoms with Crippen molar-refractivity contribution < 1.29 is 13.2 Å². The van der Waals surface area contributed by atoms with Crippen molar-refractivity contribution in [3.05, 3.63) is 34.3 Å². The van der Waals surface area contributed by atoms with Gasteiger partial charge in [-0.15, -0.1) is 0 Å². The second-order valence-corrected chi connectivity index (χ2v) is 5.93. The van der Waals surface area contributed by atoms with E-state index in [1.165, 1.54) is 0 Å². The summed E-state index contributed by atoms with van der Waals surface area (Å²) in [4.78, 5) is 1.93. The van der Waals surface area contributed by atoms with Crippen LogP contribution in [0.2, 0.25) is 0 Å². The number of halogens is 4. The van der Waals surface area contributed by atoms with Crippen molar-refractivity contribution in [2.24, 2.45) is 5.92 Å². The molecule has 1 aliphatic heterocycles. The van der Waals surface area contributed by atoms with Crippen LogP contribution in [0, 0.1) is 5.92 Å². The number of alkyl halides is 3. The Kier molecular flexibility index (Phi) is 4.56. The van der Waals surface area contributed by atoms with E-state index in [1.807, 2.05) is 36.1 Å². The highest BCUT2D eigenvalue weighted by molar-refractivity contribution is 9.10. The van der Waals surface area contributed by atoms with Gasteiger partial charge >= 0.3 is 6.18 Å². The summed E-state index contributed by atoms with van der Waals surface area (Å²) in [6.45, 7) is 2.81. The fourth-order valence-corrected chi connectivity index (χ4v) is 3.25. The summed E-state index contributed by atoms with van der Waals surface area (Å²) in [5, 5.41) is 0. The third-order valence-corrected chi connectivity index (χ3v) is 4.54. The Balaban J connectivity index is 2.12. The number of hydrogen-bond acceptors (Lipinski definition) is 1. The molecule has 1 fully saturated rings. The van der Waals surface area contributed by atoms with Crippen LogP contribution in [0.3, 0.4) is 0 Å². The molecule has 0 spiro atoms. The predicted octanol–water partition coefficient (Wildman–Crippen LogP) is 4.78. The number of benzene rings is 1. The number of likely N-dealkylation sites (tertiary alicyclic amines) is 1. The molecule has 1 aliphatic rings. The first kappa shape index (κ1) is 14.9. The summed E-state index contributed by atoms with van der Waals surface area (Å²) in [6.07, 6.45) is -3.21. The lowest BCUT2D eigenvalue weighted by Crippen LogP contribution is -2.42. The molecule has 1 saturated heterocycles. The van der Waals surface area contributed by atoms with Crippen LogP contribution in [0.15, 0.2) is 28.7 Å². The number of hydrogen-bond donors (Lipinski definition) is 0. The Morgan fingerprint density at radius 3 is 2.63 bits per heavy atom. The van der Waals surface area contributed by atoms with Gasteiger partial charge < -0.3 is 0 Å². The average Bonchev–Trinajstić information content (AvgIpc) is 2.38. The summed E-state index contributed by atoms with van der Waals surface area (Å²) in [6, 6.07) is 7.72. The lowest BCUT2D eigenvalue weighted by molar-refractivity contribution is -0.188. The zero-order chi connectivity index (χ0) is 14.0. The van der Waals surface area contributed by atoms with Crippen LogP contribution < -0.4 is 0 Å². The topological polar surface area (TPSA) is 3.24 Å². The van der Waals surface area contributed by atoms with Crippen molar-refractivity contribution in [3.8, 4) is 0 Å². The molecule has 1 aromatic rings. The summed E-state index contributed by atoms with van der Waals surface area (Å²) >= 11 is 3.47. The third-order valence-electron chi connectivity index (χ3n) is 3.82. The first-order chi connectivity index (χ1) is 8.89. The molecule has 0 N–H and O–H groups in total. The van der Waals surface area contributed by atoms with Gasteiger partial charge in [0, 0.05) is 17.1 Å². The molecule has 0 aromatic heterocycles. The van der Waals surface area contributed by atoms with Crippen LogP contribution in [0.4, 0.5) is 13.2 Å². The summed E-state index contributed by atoms with van der Waals surface area (Å²) < 4.78 is 39.4. The van der Waals surface area contributed by atoms with Gasteiger partial charge in [0.25, 0.3) is 0 Å². The van der Waals surface area contributed by atoms with Crippen molar-refractivity contribution >= 4 is 15.9 Å². The van der Waals surface area contributed by atoms with E-state index in [9.17, 15) is 13.2 Å². The largest absolute Gasteiger partial charge is 0.393 e. The monoisotopic (exact) mass is 335 g/mol. The van der Waals surface area contributed by atoms with Crippen LogP contribution >= 0.6 is 15.9 Å². The Morgan fingerprint density at radius 1 is 1.32 bits per heavy atom. The van der Waals surface area contributed by atoms with E-state index in [-0.39, 0.29) is 19.0 Å². The summed E-state index contributed by atoms with van der Waals surface area (Å²) in [5.41, 5.74) is 1.05. The highest BCUT2D eigenvalue weighted by Crippen LogP contribution is 2.37. The van der Waals surface area contributed by atoms with E-state index in [2.05, 4.69) is 15.9 Å². The maximum atomic E-state index is 12.8. The lowest BCUT2D eigenvalue weighted by Gasteiger charge is -2.37. The highest BCUT2D eigenvalue weighted by Gasteiger charge is 2.42. The molecule has 0 radical (unpaired) electrons. The Morgan fingerprint density at radius 2 is 2.00 bits per heavy atom. The van der Waals surface area contributed by atoms with Gasteiger partial charge in [-0.1, -0.05) is 34.1 Å². The Labute approximate surface area is 119 Å². The predicted molar refractivity (Wildman–Crippen MR) is 72.9 cm³/mol. The standard InChI is InChI=1S/C14H17BrF3N/c1-10(12-6-2-3-7-13(12)15)19-8-4-5-11(9-19)14(16,17)18/h2-3,6-7,10-11H,4-5,8-9H2,1H3. The molecule has 0 aliphatic carbocycles. The minimum absolute atomic E-state index is 0.000671. The maximum absolute atomic E-state index is 12.8. The van der Waals surface area contributed by atoms with Gasteiger partial charge in [0.15, 0.2) is 0 Å². The zero-order valence-electron chi connectivity index (χ0n) is 10.8. The van der Waals surface area contributed by atoms with Gasteiger partial charge in [0.1, 0.15) is 0 Å². The van der Waals surface area contributed by atoms with Gasteiger partial charge in [-0.3, -0.25) is 4.90 Å². The molecule has 1 nitrogen and oxygen atoms in total. The molecular weight excluding hydrogens is 319 g/mol. The normalized spacial score (nSPS) is 23.3. The molecule has 2 atom stereocenters. The number of rotatable bonds is 2. The van der Waals surface area contributed by atoms with Gasteiger partial charge in [-0.2, -0.15) is 13.2 Å². The van der Waals surface area contributed by atoms with Gasteiger partial charge in [-0.25, -0.2) is 0 Å². The van der Waals surface area contributed by atoms with Crippen LogP contribution in [0.25, 0.3) is 0 Å². The second-order valence-electron chi connectivity index (χ2n) is 5.07. The van der Waals surface area contributed by atoms with Crippen LogP contribution in [0.1, 0.15) is 31.4 Å². The molecule has 2 rings (SSSR count). The van der Waals surface area contributed by atoms with Crippen molar-refractivity contribution in [2.75, 3.05) is 13.1 Å². The highest BCUT2D eigenvalue weighted by atomic mass is 79.9. The molecule has 1 heterocycles. The van der Waals surface area contributed by atoms with Crippen molar-refractivity contribution in [1.29, 1.82) is 0 Å². The van der Waals surface area contributed by atoms with E-state index in [1.54, 1.807) is 0 Å². The number of nitrogens with zero attached hydrogens (tertiary/aromatic N) is 1. The second kappa shape index (κ2) is 5.83. The SMILES string of the molecule is CC(c1ccccc1Br)N1CCCC(C(F)(F)F)C1. The molecule has 0 saturated carbocycles. The molecular formula is C14H17BrF3N. The Bertz CT molecular complexity index is 433. The van der Waals surface area contributed by atoms with Crippen LogP contribution in [-0.4, -0.2) is 24.2 Å². The first-order valence-corrected chi connectivity index (χ1v) is 7.24. The first-order valence-electron chi connectivity index (χ1n) is 6.45. The zero-order valence-corrected chi connectivity index (χ0v) is 12.3. The summed E-state index contributed by atoms with van der Waals surface area (Å²) in [7, 11) is 0. The van der Waals surface area contributed by atoms with Crippen LogP contribution in [-0.2, 0) is 0 Å². The Hall–Kier alpha value is -0.550. The molecule has 19 heavy (non-hydrogen) atoms. The molecule has 106 valence electrons. The maximum Gasteiger partial charge on any atom is 0.393 e. The van der Waals surface area contributed by atoms with E-state index in [4.69, 9.17) is 0 Å². The van der Waals surface area contributed by atoms with Crippen molar-refractivity contribution in [3.63, 3.8) is 0 Å². The fourth-order valence-electron chi connectivity index (χ4n) is 2.64. The summed E-state index contributed by atoms with van der Waals surface area (Å²) in [5.74, 6) is -1.19. The lowest BCUT2D eigenvalue weighted by atomic mass is 9.95. The van der Waals surface area contributed by atoms with E-state index >= 15 is 0 Å². The molecule has 1 aromatic carbocycles. The van der Waals surface area contributed by atoms with E-state index in [0.717, 1.165) is 16.6 Å². The molecule has 0 bridgehead atoms. The quantitative estimate of drug-likeness (QED) is 0.751. The van der Waals surface area contributed by atoms with E-state index < -0.39 is 12.1 Å². The minimum Gasteiger partial charge on any atom is -0.296 e. The van der Waals surface area contributed by atoms with Gasteiger partial charge in [0.05, 0.1) is 5.92 Å². The third kappa shape index (κ3) is 3.51. The van der Waals surface area contributed by atoms with Gasteiger partial charge in [0.2, 0.25) is 0 Å². The fraction of sp³-hybridized carbons (Fsp3) is 0.571. The number of piperidine rings is 1. The minimum atomic E-state index is -4.08. The van der Waals surface area contributed by atoms with Crippen LogP contribution in [0.5, 0.6) is 0 Å². The van der Waals surface area contributed by atoms with Crippen molar-refractivity contribution in [1.82, 2.24) is 4.90 Å². The molecule has 2 unspecified atom stereocenters. The van der Waals surface area contributed by atoms with Crippen molar-refractivity contribution in [2.45, 2.75) is 32.0 Å². The van der Waals surface area contributed by atoms with E-state index in [0.29, 0.717) is 6.42 Å². The smallest absolute Gasteiger partial charge is 0.296 e.